The van der Waals surface area contributed by atoms with Crippen molar-refractivity contribution in [3.63, 3.8) is 0 Å². The lowest BCUT2D eigenvalue weighted by Crippen LogP contribution is -2.02. The van der Waals surface area contributed by atoms with Gasteiger partial charge in [0.2, 0.25) is 0 Å². The average Bonchev–Trinajstić information content (AvgIpc) is 2.35. The van der Waals surface area contributed by atoms with E-state index in [2.05, 4.69) is 22.6 Å². The normalized spacial score (nSPS) is 8.56. The number of hydrogen-bond acceptors (Lipinski definition) is 4. The second kappa shape index (κ2) is 15.4. The van der Waals surface area contributed by atoms with Gasteiger partial charge in [0.25, 0.3) is 0 Å². The number of rotatable bonds is 8. The summed E-state index contributed by atoms with van der Waals surface area (Å²) in [4.78, 5) is 21.1. The standard InChI is InChI=1S/2C7H12O2/c2*1-3-5-7(8)9-6-4-2/h2*4H,2-3,5-6H2,1H3. The van der Waals surface area contributed by atoms with Gasteiger partial charge in [-0.2, -0.15) is 0 Å². The minimum Gasteiger partial charge on any atom is -0.461 e. The van der Waals surface area contributed by atoms with Gasteiger partial charge >= 0.3 is 11.9 Å². The zero-order valence-corrected chi connectivity index (χ0v) is 11.4. The topological polar surface area (TPSA) is 52.6 Å². The lowest BCUT2D eigenvalue weighted by atomic mass is 10.3. The van der Waals surface area contributed by atoms with Gasteiger partial charge in [-0.15, -0.1) is 0 Å². The summed E-state index contributed by atoms with van der Waals surface area (Å²) < 4.78 is 9.35. The van der Waals surface area contributed by atoms with E-state index in [0.717, 1.165) is 12.8 Å². The highest BCUT2D eigenvalue weighted by molar-refractivity contribution is 5.69. The van der Waals surface area contributed by atoms with Gasteiger partial charge in [0.15, 0.2) is 0 Å². The third-order valence-electron chi connectivity index (χ3n) is 1.63. The van der Waals surface area contributed by atoms with Crippen LogP contribution in [0.4, 0.5) is 0 Å². The molecule has 0 saturated carbocycles. The fourth-order valence-electron chi connectivity index (χ4n) is 0.856. The Morgan fingerprint density at radius 2 is 1.22 bits per heavy atom. The third kappa shape index (κ3) is 16.8. The molecular weight excluding hydrogens is 232 g/mol. The minimum atomic E-state index is -0.141. The maximum atomic E-state index is 10.5. The molecule has 0 rings (SSSR count). The second-order valence-electron chi connectivity index (χ2n) is 3.44. The average molecular weight is 256 g/mol. The van der Waals surface area contributed by atoms with Gasteiger partial charge in [0.1, 0.15) is 13.2 Å². The molecule has 0 N–H and O–H groups in total. The molecule has 0 bridgehead atoms. The molecule has 0 unspecified atom stereocenters. The summed E-state index contributed by atoms with van der Waals surface area (Å²) >= 11 is 0. The molecule has 4 nitrogen and oxygen atoms in total. The molecule has 0 aliphatic carbocycles. The molecule has 0 aromatic carbocycles. The SMILES string of the molecule is C=CCOC(=O)CCC.C=CCOC(=O)CCC. The monoisotopic (exact) mass is 256 g/mol. The van der Waals surface area contributed by atoms with Crippen molar-refractivity contribution in [2.24, 2.45) is 0 Å². The lowest BCUT2D eigenvalue weighted by molar-refractivity contribution is -0.143. The molecule has 0 aromatic heterocycles. The largest absolute Gasteiger partial charge is 0.461 e. The Morgan fingerprint density at radius 1 is 0.889 bits per heavy atom. The van der Waals surface area contributed by atoms with Crippen molar-refractivity contribution in [3.8, 4) is 0 Å². The van der Waals surface area contributed by atoms with Gasteiger partial charge < -0.3 is 9.47 Å². The fourth-order valence-corrected chi connectivity index (χ4v) is 0.856. The highest BCUT2D eigenvalue weighted by Crippen LogP contribution is 1.90. The molecule has 4 heteroatoms. The van der Waals surface area contributed by atoms with Crippen LogP contribution in [0.25, 0.3) is 0 Å². The molecule has 0 amide bonds. The Morgan fingerprint density at radius 3 is 1.44 bits per heavy atom. The quantitative estimate of drug-likeness (QED) is 0.495. The van der Waals surface area contributed by atoms with E-state index in [1.165, 1.54) is 0 Å². The van der Waals surface area contributed by atoms with Crippen LogP contribution in [0.15, 0.2) is 25.3 Å². The van der Waals surface area contributed by atoms with Crippen molar-refractivity contribution < 1.29 is 19.1 Å². The highest BCUT2D eigenvalue weighted by atomic mass is 16.5. The Balaban J connectivity index is 0. The molecule has 18 heavy (non-hydrogen) atoms. The molecule has 0 spiro atoms. The van der Waals surface area contributed by atoms with Crippen molar-refractivity contribution in [1.29, 1.82) is 0 Å². The van der Waals surface area contributed by atoms with Gasteiger partial charge in [0.05, 0.1) is 0 Å². The molecular formula is C14H24O4. The van der Waals surface area contributed by atoms with E-state index in [0.29, 0.717) is 26.1 Å². The van der Waals surface area contributed by atoms with Crippen LogP contribution in [0.2, 0.25) is 0 Å². The van der Waals surface area contributed by atoms with Crippen molar-refractivity contribution in [2.75, 3.05) is 13.2 Å². The molecule has 0 aliphatic rings. The molecule has 0 aromatic rings. The van der Waals surface area contributed by atoms with Gasteiger partial charge in [-0.05, 0) is 12.8 Å². The van der Waals surface area contributed by atoms with Gasteiger partial charge in [-0.1, -0.05) is 39.2 Å². The summed E-state index contributed by atoms with van der Waals surface area (Å²) in [7, 11) is 0. The summed E-state index contributed by atoms with van der Waals surface area (Å²) in [5.74, 6) is -0.283. The van der Waals surface area contributed by atoms with Gasteiger partial charge in [0, 0.05) is 12.8 Å². The summed E-state index contributed by atoms with van der Waals surface area (Å²) in [6.45, 7) is 11.4. The molecule has 0 radical (unpaired) electrons. The summed E-state index contributed by atoms with van der Waals surface area (Å²) in [5.41, 5.74) is 0. The van der Waals surface area contributed by atoms with E-state index in [4.69, 9.17) is 0 Å². The fraction of sp³-hybridized carbons (Fsp3) is 0.571. The second-order valence-corrected chi connectivity index (χ2v) is 3.44. The molecule has 0 fully saturated rings. The summed E-state index contributed by atoms with van der Waals surface area (Å²) in [6.07, 6.45) is 5.83. The van der Waals surface area contributed by atoms with E-state index < -0.39 is 0 Å². The van der Waals surface area contributed by atoms with E-state index in [1.807, 2.05) is 13.8 Å². The Bertz CT molecular complexity index is 220. The predicted molar refractivity (Wildman–Crippen MR) is 72.1 cm³/mol. The number of carbonyl (C=O) groups excluding carboxylic acids is 2. The number of esters is 2. The molecule has 0 atom stereocenters. The number of hydrogen-bond donors (Lipinski definition) is 0. The van der Waals surface area contributed by atoms with Gasteiger partial charge in [-0.25, -0.2) is 0 Å². The van der Waals surface area contributed by atoms with Crippen LogP contribution in [0, 0.1) is 0 Å². The first-order chi connectivity index (χ1) is 8.62. The number of ether oxygens (including phenoxy) is 2. The molecule has 0 saturated heterocycles. The molecule has 104 valence electrons. The molecule has 0 aliphatic heterocycles. The predicted octanol–water partition coefficient (Wildman–Crippen LogP) is 3.03. The lowest BCUT2D eigenvalue weighted by Gasteiger charge is -1.97. The van der Waals surface area contributed by atoms with Crippen LogP contribution < -0.4 is 0 Å². The number of carbonyl (C=O) groups is 2. The van der Waals surface area contributed by atoms with E-state index >= 15 is 0 Å². The minimum absolute atomic E-state index is 0.141. The van der Waals surface area contributed by atoms with Crippen molar-refractivity contribution in [3.05, 3.63) is 25.3 Å². The Kier molecular flexibility index (Phi) is 16.1. The maximum Gasteiger partial charge on any atom is 0.306 e. The van der Waals surface area contributed by atoms with Gasteiger partial charge in [-0.3, -0.25) is 9.59 Å². The summed E-state index contributed by atoms with van der Waals surface area (Å²) in [6, 6.07) is 0. The first-order valence-corrected chi connectivity index (χ1v) is 6.15. The van der Waals surface area contributed by atoms with Crippen LogP contribution >= 0.6 is 0 Å². The smallest absolute Gasteiger partial charge is 0.306 e. The van der Waals surface area contributed by atoms with E-state index in [1.54, 1.807) is 12.2 Å². The van der Waals surface area contributed by atoms with Crippen molar-refractivity contribution in [2.45, 2.75) is 39.5 Å². The zero-order chi connectivity index (χ0) is 14.2. The summed E-state index contributed by atoms with van der Waals surface area (Å²) in [5, 5.41) is 0. The third-order valence-corrected chi connectivity index (χ3v) is 1.63. The maximum absolute atomic E-state index is 10.5. The Hall–Kier alpha value is -1.58. The van der Waals surface area contributed by atoms with E-state index in [-0.39, 0.29) is 11.9 Å². The highest BCUT2D eigenvalue weighted by Gasteiger charge is 1.96. The van der Waals surface area contributed by atoms with Crippen molar-refractivity contribution >= 4 is 11.9 Å². The zero-order valence-electron chi connectivity index (χ0n) is 11.4. The van der Waals surface area contributed by atoms with Crippen LogP contribution in [-0.2, 0) is 19.1 Å². The van der Waals surface area contributed by atoms with E-state index in [9.17, 15) is 9.59 Å². The first kappa shape index (κ1) is 18.8. The Labute approximate surface area is 110 Å². The van der Waals surface area contributed by atoms with Crippen LogP contribution in [0.3, 0.4) is 0 Å². The first-order valence-electron chi connectivity index (χ1n) is 6.15. The molecule has 0 heterocycles. The van der Waals surface area contributed by atoms with Crippen LogP contribution in [0.5, 0.6) is 0 Å². The van der Waals surface area contributed by atoms with Crippen LogP contribution in [-0.4, -0.2) is 25.2 Å². The van der Waals surface area contributed by atoms with Crippen LogP contribution in [0.1, 0.15) is 39.5 Å². The van der Waals surface area contributed by atoms with Crippen molar-refractivity contribution in [1.82, 2.24) is 0 Å².